The first-order chi connectivity index (χ1) is 7.22. The van der Waals surface area contributed by atoms with Crippen molar-refractivity contribution in [3.05, 3.63) is 0 Å². The third kappa shape index (κ3) is 5.42. The average Bonchev–Trinajstić information content (AvgIpc) is 2.24. The van der Waals surface area contributed by atoms with Crippen LogP contribution in [0, 0.1) is 5.41 Å². The van der Waals surface area contributed by atoms with E-state index < -0.39 is 0 Å². The number of nitrogens with two attached hydrogens (primary N) is 1. The van der Waals surface area contributed by atoms with Crippen LogP contribution in [0.3, 0.4) is 0 Å². The van der Waals surface area contributed by atoms with Gasteiger partial charge >= 0.3 is 0 Å². The van der Waals surface area contributed by atoms with Crippen molar-refractivity contribution in [2.45, 2.75) is 37.9 Å². The molecule has 0 aromatic carbocycles. The predicted molar refractivity (Wildman–Crippen MR) is 68.7 cm³/mol. The molecule has 0 aromatic rings. The Balaban J connectivity index is 2.07. The summed E-state index contributed by atoms with van der Waals surface area (Å²) in [4.78, 5) is 2.56. The zero-order chi connectivity index (χ0) is 11.1. The van der Waals surface area contributed by atoms with Gasteiger partial charge in [0.1, 0.15) is 0 Å². The molecule has 0 aromatic heterocycles. The summed E-state index contributed by atoms with van der Waals surface area (Å²) in [5.41, 5.74) is 5.32. The number of amidine groups is 1. The molecule has 4 heteroatoms. The van der Waals surface area contributed by atoms with Gasteiger partial charge < -0.3 is 10.6 Å². The molecule has 0 amide bonds. The number of nitrogens with one attached hydrogen (secondary N) is 1. The van der Waals surface area contributed by atoms with Crippen molar-refractivity contribution in [3.8, 4) is 0 Å². The van der Waals surface area contributed by atoms with Crippen LogP contribution in [0.15, 0.2) is 0 Å². The number of hydrogen-bond donors (Lipinski definition) is 2. The van der Waals surface area contributed by atoms with Crippen LogP contribution < -0.4 is 5.73 Å². The molecule has 1 fully saturated rings. The molecular weight excluding hydrogens is 206 g/mol. The summed E-state index contributed by atoms with van der Waals surface area (Å²) in [6, 6.07) is 0. The fourth-order valence-electron chi connectivity index (χ4n) is 1.88. The van der Waals surface area contributed by atoms with Gasteiger partial charge in [-0.1, -0.05) is 6.92 Å². The number of rotatable bonds is 6. The maximum Gasteiger partial charge on any atom is 0.0905 e. The van der Waals surface area contributed by atoms with Crippen molar-refractivity contribution >= 4 is 17.6 Å². The molecular formula is C11H23N3S. The molecule has 1 rings (SSSR count). The maximum absolute atomic E-state index is 7.14. The van der Waals surface area contributed by atoms with E-state index in [1.807, 2.05) is 0 Å². The van der Waals surface area contributed by atoms with E-state index in [4.69, 9.17) is 11.1 Å². The van der Waals surface area contributed by atoms with E-state index in [0.717, 1.165) is 18.1 Å². The lowest BCUT2D eigenvalue weighted by Gasteiger charge is -2.31. The lowest BCUT2D eigenvalue weighted by Crippen LogP contribution is -2.38. The molecule has 0 radical (unpaired) electrons. The molecule has 1 aliphatic heterocycles. The van der Waals surface area contributed by atoms with Gasteiger partial charge in [0.25, 0.3) is 0 Å². The van der Waals surface area contributed by atoms with Crippen molar-refractivity contribution in [3.63, 3.8) is 0 Å². The topological polar surface area (TPSA) is 53.1 Å². The first kappa shape index (κ1) is 12.8. The zero-order valence-corrected chi connectivity index (χ0v) is 10.5. The largest absolute Gasteiger partial charge is 0.388 e. The quantitative estimate of drug-likeness (QED) is 0.416. The third-order valence-corrected chi connectivity index (χ3v) is 4.22. The number of thioether (sulfide) groups is 1. The van der Waals surface area contributed by atoms with Crippen LogP contribution in [0.25, 0.3) is 0 Å². The monoisotopic (exact) mass is 229 g/mol. The van der Waals surface area contributed by atoms with Crippen molar-refractivity contribution in [2.75, 3.05) is 25.4 Å². The Kier molecular flexibility index (Phi) is 6.10. The van der Waals surface area contributed by atoms with Crippen molar-refractivity contribution < 1.29 is 0 Å². The van der Waals surface area contributed by atoms with Crippen LogP contribution in [-0.2, 0) is 0 Å². The minimum atomic E-state index is 0.329. The SMILES string of the molecule is CCC1CN(CCCCC(=N)N)CCS1. The van der Waals surface area contributed by atoms with E-state index >= 15 is 0 Å². The Bertz CT molecular complexity index is 196. The van der Waals surface area contributed by atoms with Crippen molar-refractivity contribution in [2.24, 2.45) is 5.73 Å². The molecule has 0 bridgehead atoms. The molecule has 0 saturated carbocycles. The smallest absolute Gasteiger partial charge is 0.0905 e. The number of nitrogens with zero attached hydrogens (tertiary/aromatic N) is 1. The van der Waals surface area contributed by atoms with Crippen LogP contribution in [0.5, 0.6) is 0 Å². The summed E-state index contributed by atoms with van der Waals surface area (Å²) >= 11 is 2.12. The molecule has 15 heavy (non-hydrogen) atoms. The van der Waals surface area contributed by atoms with Crippen LogP contribution in [0.1, 0.15) is 32.6 Å². The second-order valence-corrected chi connectivity index (χ2v) is 5.59. The van der Waals surface area contributed by atoms with Crippen molar-refractivity contribution in [1.29, 1.82) is 5.41 Å². The summed E-state index contributed by atoms with van der Waals surface area (Å²) in [5, 5.41) is 7.98. The summed E-state index contributed by atoms with van der Waals surface area (Å²) < 4.78 is 0. The van der Waals surface area contributed by atoms with Crippen LogP contribution in [0.4, 0.5) is 0 Å². The summed E-state index contributed by atoms with van der Waals surface area (Å²) in [5.74, 6) is 1.61. The van der Waals surface area contributed by atoms with E-state index in [0.29, 0.717) is 5.84 Å². The first-order valence-electron chi connectivity index (χ1n) is 5.89. The van der Waals surface area contributed by atoms with E-state index in [9.17, 15) is 0 Å². The third-order valence-electron chi connectivity index (χ3n) is 2.85. The lowest BCUT2D eigenvalue weighted by molar-refractivity contribution is 0.276. The van der Waals surface area contributed by atoms with Crippen LogP contribution in [-0.4, -0.2) is 41.4 Å². The highest BCUT2D eigenvalue weighted by Crippen LogP contribution is 2.21. The molecule has 1 aliphatic rings. The predicted octanol–water partition coefficient (Wildman–Crippen LogP) is 1.92. The molecule has 3 nitrogen and oxygen atoms in total. The molecule has 0 aliphatic carbocycles. The lowest BCUT2D eigenvalue weighted by atomic mass is 10.2. The van der Waals surface area contributed by atoms with Gasteiger partial charge in [-0.05, 0) is 25.8 Å². The average molecular weight is 229 g/mol. The highest BCUT2D eigenvalue weighted by molar-refractivity contribution is 8.00. The zero-order valence-electron chi connectivity index (χ0n) is 9.67. The number of unbranched alkanes of at least 4 members (excludes halogenated alkanes) is 1. The fourth-order valence-corrected chi connectivity index (χ4v) is 3.13. The van der Waals surface area contributed by atoms with E-state index in [-0.39, 0.29) is 0 Å². The molecule has 1 unspecified atom stereocenters. The number of hydrogen-bond acceptors (Lipinski definition) is 3. The minimum Gasteiger partial charge on any atom is -0.388 e. The standard InChI is InChI=1S/C11H23N3S/c1-2-10-9-14(7-8-15-10)6-4-3-5-11(12)13/h10H,2-9H2,1H3,(H3,12,13). The molecule has 0 spiro atoms. The van der Waals surface area contributed by atoms with E-state index in [1.54, 1.807) is 0 Å². The molecule has 88 valence electrons. The highest BCUT2D eigenvalue weighted by Gasteiger charge is 2.17. The summed E-state index contributed by atoms with van der Waals surface area (Å²) in [7, 11) is 0. The summed E-state index contributed by atoms with van der Waals surface area (Å²) in [6.45, 7) is 5.95. The first-order valence-corrected chi connectivity index (χ1v) is 6.94. The van der Waals surface area contributed by atoms with Gasteiger partial charge in [0.2, 0.25) is 0 Å². The van der Waals surface area contributed by atoms with Gasteiger partial charge in [-0.2, -0.15) is 11.8 Å². The summed E-state index contributed by atoms with van der Waals surface area (Å²) in [6.07, 6.45) is 4.30. The van der Waals surface area contributed by atoms with Gasteiger partial charge in [0.15, 0.2) is 0 Å². The molecule has 3 N–H and O–H groups in total. The van der Waals surface area contributed by atoms with Crippen molar-refractivity contribution in [1.82, 2.24) is 4.90 Å². The van der Waals surface area contributed by atoms with Crippen LogP contribution in [0.2, 0.25) is 0 Å². The van der Waals surface area contributed by atoms with Gasteiger partial charge in [-0.25, -0.2) is 0 Å². The van der Waals surface area contributed by atoms with Gasteiger partial charge in [-0.15, -0.1) is 0 Å². The minimum absolute atomic E-state index is 0.329. The van der Waals surface area contributed by atoms with Gasteiger partial charge in [0.05, 0.1) is 5.84 Å². The Hall–Kier alpha value is -0.220. The van der Waals surface area contributed by atoms with Gasteiger partial charge in [0, 0.05) is 30.5 Å². The van der Waals surface area contributed by atoms with E-state index in [2.05, 4.69) is 23.6 Å². The molecule has 1 heterocycles. The molecule has 1 atom stereocenters. The Morgan fingerprint density at radius 1 is 1.53 bits per heavy atom. The second kappa shape index (κ2) is 7.12. The van der Waals surface area contributed by atoms with E-state index in [1.165, 1.54) is 38.2 Å². The normalized spacial score (nSPS) is 22.9. The Labute approximate surface area is 97.3 Å². The Morgan fingerprint density at radius 2 is 2.33 bits per heavy atom. The highest BCUT2D eigenvalue weighted by atomic mass is 32.2. The van der Waals surface area contributed by atoms with Crippen LogP contribution >= 0.6 is 11.8 Å². The Morgan fingerprint density at radius 3 is 3.00 bits per heavy atom. The molecule has 1 saturated heterocycles. The second-order valence-electron chi connectivity index (χ2n) is 4.18. The fraction of sp³-hybridized carbons (Fsp3) is 0.909. The van der Waals surface area contributed by atoms with Gasteiger partial charge in [-0.3, -0.25) is 5.41 Å². The maximum atomic E-state index is 7.14.